The number of amides is 1. The molecule has 0 unspecified atom stereocenters. The Morgan fingerprint density at radius 3 is 2.79 bits per heavy atom. The number of hydrogen-bond donors (Lipinski definition) is 1. The van der Waals surface area contributed by atoms with E-state index in [1.807, 2.05) is 42.6 Å². The summed E-state index contributed by atoms with van der Waals surface area (Å²) in [7, 11) is 0. The number of carbonyl (C=O) groups excluding carboxylic acids is 1. The van der Waals surface area contributed by atoms with Gasteiger partial charge in [0, 0.05) is 50.0 Å². The van der Waals surface area contributed by atoms with E-state index in [1.54, 1.807) is 11.3 Å². The topological polar surface area (TPSA) is 66.9 Å². The Bertz CT molecular complexity index is 1060. The average molecular weight is 479 g/mol. The summed E-state index contributed by atoms with van der Waals surface area (Å²) in [5, 5.41) is 7.37. The predicted octanol–water partition coefficient (Wildman–Crippen LogP) is 3.27. The molecular formula is C26H30N4O3S. The highest BCUT2D eigenvalue weighted by Crippen LogP contribution is 2.31. The lowest BCUT2D eigenvalue weighted by molar-refractivity contribution is -0.123. The molecule has 2 aliphatic rings. The maximum atomic E-state index is 13.1. The zero-order chi connectivity index (χ0) is 23.2. The lowest BCUT2D eigenvalue weighted by Gasteiger charge is -2.34. The molecule has 34 heavy (non-hydrogen) atoms. The minimum atomic E-state index is -0.0997. The highest BCUT2D eigenvalue weighted by molar-refractivity contribution is 7.07. The number of para-hydroxylation sites is 1. The van der Waals surface area contributed by atoms with Crippen molar-refractivity contribution in [3.8, 4) is 5.75 Å². The SMILES string of the molecule is O=C(CN1Cc2ccccc2O[C@H](c2ccsc2)C1)NC[C@@H](c1ccccn1)N1CCOCC1. The molecule has 3 aromatic rings. The second-order valence-electron chi connectivity index (χ2n) is 8.66. The van der Waals surface area contributed by atoms with E-state index >= 15 is 0 Å². The first-order valence-electron chi connectivity index (χ1n) is 11.7. The van der Waals surface area contributed by atoms with Crippen molar-refractivity contribution < 1.29 is 14.3 Å². The normalized spacial score (nSPS) is 20.1. The van der Waals surface area contributed by atoms with Crippen LogP contribution in [0.3, 0.4) is 0 Å². The van der Waals surface area contributed by atoms with Gasteiger partial charge < -0.3 is 14.8 Å². The molecule has 4 heterocycles. The van der Waals surface area contributed by atoms with Crippen molar-refractivity contribution >= 4 is 17.2 Å². The number of thiophene rings is 1. The molecule has 1 saturated heterocycles. The van der Waals surface area contributed by atoms with E-state index in [4.69, 9.17) is 9.47 Å². The molecule has 1 amide bonds. The second kappa shape index (κ2) is 11.1. The van der Waals surface area contributed by atoms with Crippen LogP contribution in [-0.2, 0) is 16.1 Å². The van der Waals surface area contributed by atoms with Crippen LogP contribution in [0.25, 0.3) is 0 Å². The van der Waals surface area contributed by atoms with E-state index in [2.05, 4.69) is 43.0 Å². The molecule has 178 valence electrons. The van der Waals surface area contributed by atoms with Crippen LogP contribution in [-0.4, -0.2) is 66.6 Å². The summed E-state index contributed by atoms with van der Waals surface area (Å²) in [6, 6.07) is 16.2. The average Bonchev–Trinajstić information content (AvgIpc) is 3.35. The highest BCUT2D eigenvalue weighted by Gasteiger charge is 2.27. The Labute approximate surface area is 204 Å². The molecule has 0 saturated carbocycles. The summed E-state index contributed by atoms with van der Waals surface area (Å²) < 4.78 is 11.9. The second-order valence-corrected chi connectivity index (χ2v) is 9.44. The van der Waals surface area contributed by atoms with E-state index < -0.39 is 0 Å². The Balaban J connectivity index is 1.26. The van der Waals surface area contributed by atoms with Crippen LogP contribution in [0.1, 0.15) is 29.0 Å². The molecule has 1 fully saturated rings. The minimum Gasteiger partial charge on any atom is -0.484 e. The summed E-state index contributed by atoms with van der Waals surface area (Å²) in [6.07, 6.45) is 1.71. The first-order chi connectivity index (χ1) is 16.8. The largest absolute Gasteiger partial charge is 0.484 e. The van der Waals surface area contributed by atoms with E-state index in [0.29, 0.717) is 39.4 Å². The third kappa shape index (κ3) is 5.64. The Morgan fingerprint density at radius 2 is 2.00 bits per heavy atom. The summed E-state index contributed by atoms with van der Waals surface area (Å²) in [6.45, 7) is 5.24. The number of morpholine rings is 1. The molecule has 2 atom stereocenters. The van der Waals surface area contributed by atoms with Crippen molar-refractivity contribution in [2.75, 3.05) is 45.9 Å². The molecule has 5 rings (SSSR count). The highest BCUT2D eigenvalue weighted by atomic mass is 32.1. The fraction of sp³-hybridized carbons (Fsp3) is 0.385. The van der Waals surface area contributed by atoms with Crippen LogP contribution in [0.4, 0.5) is 0 Å². The maximum absolute atomic E-state index is 13.1. The molecular weight excluding hydrogens is 448 g/mol. The molecule has 1 aromatic carbocycles. The van der Waals surface area contributed by atoms with Gasteiger partial charge in [0.1, 0.15) is 11.9 Å². The van der Waals surface area contributed by atoms with Gasteiger partial charge >= 0.3 is 0 Å². The number of carbonyl (C=O) groups is 1. The first-order valence-corrected chi connectivity index (χ1v) is 12.7. The van der Waals surface area contributed by atoms with Gasteiger partial charge in [-0.15, -0.1) is 0 Å². The molecule has 7 nitrogen and oxygen atoms in total. The maximum Gasteiger partial charge on any atom is 0.234 e. The Kier molecular flexibility index (Phi) is 7.50. The summed E-state index contributed by atoms with van der Waals surface area (Å²) >= 11 is 1.66. The van der Waals surface area contributed by atoms with Gasteiger partial charge in [0.05, 0.1) is 31.5 Å². The number of fused-ring (bicyclic) bond motifs is 1. The van der Waals surface area contributed by atoms with Gasteiger partial charge in [-0.1, -0.05) is 24.3 Å². The fourth-order valence-electron chi connectivity index (χ4n) is 4.58. The Morgan fingerprint density at radius 1 is 1.15 bits per heavy atom. The molecule has 0 bridgehead atoms. The van der Waals surface area contributed by atoms with Crippen molar-refractivity contribution in [2.24, 2.45) is 0 Å². The van der Waals surface area contributed by atoms with Gasteiger partial charge in [-0.2, -0.15) is 11.3 Å². The predicted molar refractivity (Wildman–Crippen MR) is 132 cm³/mol. The minimum absolute atomic E-state index is 0.0117. The van der Waals surface area contributed by atoms with Crippen LogP contribution in [0.2, 0.25) is 0 Å². The molecule has 2 aliphatic heterocycles. The van der Waals surface area contributed by atoms with Crippen molar-refractivity contribution in [3.63, 3.8) is 0 Å². The van der Waals surface area contributed by atoms with Crippen LogP contribution in [0.5, 0.6) is 5.75 Å². The van der Waals surface area contributed by atoms with E-state index in [0.717, 1.165) is 35.7 Å². The van der Waals surface area contributed by atoms with Crippen molar-refractivity contribution in [2.45, 2.75) is 18.7 Å². The number of hydrogen-bond acceptors (Lipinski definition) is 7. The van der Waals surface area contributed by atoms with Gasteiger partial charge in [0.25, 0.3) is 0 Å². The molecule has 1 N–H and O–H groups in total. The number of nitrogens with zero attached hydrogens (tertiary/aromatic N) is 3. The molecule has 0 aliphatic carbocycles. The van der Waals surface area contributed by atoms with Crippen LogP contribution < -0.4 is 10.1 Å². The lowest BCUT2D eigenvalue weighted by atomic mass is 10.1. The number of nitrogens with one attached hydrogen (secondary N) is 1. The third-order valence-corrected chi connectivity index (χ3v) is 7.05. The first kappa shape index (κ1) is 23.0. The lowest BCUT2D eigenvalue weighted by Crippen LogP contribution is -2.46. The quantitative estimate of drug-likeness (QED) is 0.562. The van der Waals surface area contributed by atoms with Crippen molar-refractivity contribution in [3.05, 3.63) is 82.3 Å². The van der Waals surface area contributed by atoms with Gasteiger partial charge in [-0.05, 0) is 35.0 Å². The fourth-order valence-corrected chi connectivity index (χ4v) is 5.29. The van der Waals surface area contributed by atoms with Crippen LogP contribution in [0, 0.1) is 0 Å². The Hall–Kier alpha value is -2.78. The van der Waals surface area contributed by atoms with Gasteiger partial charge in [0.2, 0.25) is 5.91 Å². The summed E-state index contributed by atoms with van der Waals surface area (Å²) in [4.78, 5) is 22.2. The van der Waals surface area contributed by atoms with Crippen molar-refractivity contribution in [1.29, 1.82) is 0 Å². The zero-order valence-electron chi connectivity index (χ0n) is 19.1. The smallest absolute Gasteiger partial charge is 0.234 e. The third-order valence-electron chi connectivity index (χ3n) is 6.35. The molecule has 8 heteroatoms. The van der Waals surface area contributed by atoms with E-state index in [1.165, 1.54) is 0 Å². The number of benzene rings is 1. The monoisotopic (exact) mass is 478 g/mol. The molecule has 0 radical (unpaired) electrons. The molecule has 0 spiro atoms. The number of ether oxygens (including phenoxy) is 2. The van der Waals surface area contributed by atoms with Crippen LogP contribution in [0.15, 0.2) is 65.5 Å². The number of pyridine rings is 1. The van der Waals surface area contributed by atoms with Gasteiger partial charge in [0.15, 0.2) is 0 Å². The molecule has 2 aromatic heterocycles. The van der Waals surface area contributed by atoms with Gasteiger partial charge in [-0.25, -0.2) is 0 Å². The van der Waals surface area contributed by atoms with Crippen LogP contribution >= 0.6 is 11.3 Å². The number of rotatable bonds is 7. The summed E-state index contributed by atoms with van der Waals surface area (Å²) in [5.41, 5.74) is 3.22. The zero-order valence-corrected chi connectivity index (χ0v) is 20.0. The van der Waals surface area contributed by atoms with Crippen molar-refractivity contribution in [1.82, 2.24) is 20.1 Å². The van der Waals surface area contributed by atoms with E-state index in [9.17, 15) is 4.79 Å². The van der Waals surface area contributed by atoms with Gasteiger partial charge in [-0.3, -0.25) is 19.6 Å². The van der Waals surface area contributed by atoms with E-state index in [-0.39, 0.29) is 18.1 Å². The standard InChI is InChI=1S/C26H30N4O3S/c31-26(28-15-23(22-6-3-4-9-27-22)30-10-12-32-13-11-30)18-29-16-20-5-1-2-7-24(20)33-25(17-29)21-8-14-34-19-21/h1-9,14,19,23,25H,10-13,15-18H2,(H,28,31)/t23-,25-/m0/s1. The summed E-state index contributed by atoms with van der Waals surface area (Å²) in [5.74, 6) is 0.904. The number of aromatic nitrogens is 1.